The van der Waals surface area contributed by atoms with Gasteiger partial charge >= 0.3 is 0 Å². The molecule has 0 radical (unpaired) electrons. The highest BCUT2D eigenvalue weighted by Crippen LogP contribution is 2.25. The highest BCUT2D eigenvalue weighted by Gasteiger charge is 2.12. The maximum atomic E-state index is 6.02. The molecule has 0 saturated carbocycles. The van der Waals surface area contributed by atoms with Crippen molar-refractivity contribution in [3.8, 4) is 5.69 Å². The summed E-state index contributed by atoms with van der Waals surface area (Å²) in [4.78, 5) is 0. The number of hydrogen-bond acceptors (Lipinski definition) is 2. The van der Waals surface area contributed by atoms with Crippen LogP contribution in [0, 0.1) is 17.4 Å². The molecule has 0 unspecified atom stereocenters. The van der Waals surface area contributed by atoms with Gasteiger partial charge in [0.25, 0.3) is 0 Å². The summed E-state index contributed by atoms with van der Waals surface area (Å²) >= 11 is 5.66. The van der Waals surface area contributed by atoms with E-state index in [9.17, 15) is 0 Å². The third-order valence-electron chi connectivity index (χ3n) is 2.41. The minimum absolute atomic E-state index is 0.698. The normalized spacial score (nSPS) is 10.8. The van der Waals surface area contributed by atoms with E-state index in [-0.39, 0.29) is 0 Å². The fraction of sp³-hybridized carbons (Fsp3) is 0.182. The van der Waals surface area contributed by atoms with Crippen LogP contribution in [0.25, 0.3) is 5.69 Å². The zero-order valence-electron chi connectivity index (χ0n) is 8.96. The van der Waals surface area contributed by atoms with E-state index in [0.29, 0.717) is 5.82 Å². The fourth-order valence-electron chi connectivity index (χ4n) is 1.57. The van der Waals surface area contributed by atoms with E-state index >= 15 is 0 Å². The van der Waals surface area contributed by atoms with Crippen LogP contribution in [0.2, 0.25) is 0 Å². The first-order valence-electron chi connectivity index (χ1n) is 4.78. The summed E-state index contributed by atoms with van der Waals surface area (Å²) in [6.07, 6.45) is 0. The second-order valence-electron chi connectivity index (χ2n) is 3.63. The Morgan fingerprint density at radius 2 is 2.06 bits per heavy atom. The first-order valence-corrected chi connectivity index (χ1v) is 6.65. The Balaban J connectivity index is 2.63. The van der Waals surface area contributed by atoms with Crippen LogP contribution in [0.1, 0.15) is 11.3 Å². The number of halogens is 2. The van der Waals surface area contributed by atoms with Crippen LogP contribution in [-0.4, -0.2) is 9.78 Å². The van der Waals surface area contributed by atoms with Crippen LogP contribution in [0.15, 0.2) is 22.7 Å². The molecule has 0 spiro atoms. The van der Waals surface area contributed by atoms with Crippen molar-refractivity contribution in [3.63, 3.8) is 0 Å². The lowest BCUT2D eigenvalue weighted by Gasteiger charge is -2.08. The Hall–Kier alpha value is -0.560. The minimum atomic E-state index is 0.698. The van der Waals surface area contributed by atoms with Crippen molar-refractivity contribution in [1.29, 1.82) is 0 Å². The minimum Gasteiger partial charge on any atom is -0.383 e. The number of nitrogens with two attached hydrogens (primary N) is 1. The number of aromatic nitrogens is 2. The van der Waals surface area contributed by atoms with E-state index in [1.54, 1.807) is 4.68 Å². The van der Waals surface area contributed by atoms with Crippen LogP contribution in [0.3, 0.4) is 0 Å². The Bertz CT molecular complexity index is 548. The van der Waals surface area contributed by atoms with Gasteiger partial charge in [-0.15, -0.1) is 0 Å². The van der Waals surface area contributed by atoms with Crippen molar-refractivity contribution in [2.75, 3.05) is 5.73 Å². The number of aryl methyl sites for hydroxylation is 2. The van der Waals surface area contributed by atoms with E-state index in [0.717, 1.165) is 25.0 Å². The molecule has 84 valence electrons. The van der Waals surface area contributed by atoms with E-state index in [1.807, 2.05) is 26.0 Å². The molecule has 0 atom stereocenters. The summed E-state index contributed by atoms with van der Waals surface area (Å²) in [5, 5.41) is 4.44. The average molecular weight is 392 g/mol. The fourth-order valence-corrected chi connectivity index (χ4v) is 2.38. The molecule has 2 N–H and O–H groups in total. The Morgan fingerprint density at radius 3 is 2.56 bits per heavy atom. The van der Waals surface area contributed by atoms with Gasteiger partial charge in [-0.2, -0.15) is 5.10 Å². The Labute approximate surface area is 116 Å². The molecule has 0 aliphatic rings. The standard InChI is InChI=1S/C11H11BrIN3/c1-6-5-8(12)3-4-9(6)16-11(14)10(13)7(2)15-16/h3-5H,14H2,1-2H3. The van der Waals surface area contributed by atoms with Crippen LogP contribution in [-0.2, 0) is 0 Å². The summed E-state index contributed by atoms with van der Waals surface area (Å²) < 4.78 is 3.87. The quantitative estimate of drug-likeness (QED) is 0.756. The average Bonchev–Trinajstić information content (AvgIpc) is 2.46. The molecule has 1 aromatic heterocycles. The zero-order chi connectivity index (χ0) is 11.9. The van der Waals surface area contributed by atoms with E-state index in [4.69, 9.17) is 5.73 Å². The van der Waals surface area contributed by atoms with Gasteiger partial charge in [0.2, 0.25) is 0 Å². The number of nitrogens with zero attached hydrogens (tertiary/aromatic N) is 2. The van der Waals surface area contributed by atoms with Crippen LogP contribution >= 0.6 is 38.5 Å². The molecule has 1 aromatic carbocycles. The molecule has 0 aliphatic carbocycles. The lowest BCUT2D eigenvalue weighted by molar-refractivity contribution is 0.865. The smallest absolute Gasteiger partial charge is 0.141 e. The summed E-state index contributed by atoms with van der Waals surface area (Å²) in [5.41, 5.74) is 9.14. The first-order chi connectivity index (χ1) is 7.50. The van der Waals surface area contributed by atoms with Crippen molar-refractivity contribution in [3.05, 3.63) is 37.5 Å². The van der Waals surface area contributed by atoms with E-state index in [1.165, 1.54) is 0 Å². The van der Waals surface area contributed by atoms with Gasteiger partial charge in [0.1, 0.15) is 5.82 Å². The topological polar surface area (TPSA) is 43.8 Å². The Morgan fingerprint density at radius 1 is 1.38 bits per heavy atom. The molecule has 16 heavy (non-hydrogen) atoms. The molecular weight excluding hydrogens is 381 g/mol. The number of benzene rings is 1. The van der Waals surface area contributed by atoms with Gasteiger partial charge < -0.3 is 5.73 Å². The summed E-state index contributed by atoms with van der Waals surface area (Å²) in [5.74, 6) is 0.698. The summed E-state index contributed by atoms with van der Waals surface area (Å²) in [6.45, 7) is 4.01. The molecule has 1 heterocycles. The number of anilines is 1. The second kappa shape index (κ2) is 4.37. The van der Waals surface area contributed by atoms with Gasteiger partial charge in [-0.1, -0.05) is 15.9 Å². The molecule has 0 fully saturated rings. The molecule has 0 saturated heterocycles. The highest BCUT2D eigenvalue weighted by atomic mass is 127. The van der Waals surface area contributed by atoms with Gasteiger partial charge in [0.15, 0.2) is 0 Å². The number of rotatable bonds is 1. The Kier molecular flexibility index (Phi) is 3.25. The molecular formula is C11H11BrIN3. The molecule has 2 rings (SSSR count). The van der Waals surface area contributed by atoms with Gasteiger partial charge in [-0.05, 0) is 60.2 Å². The van der Waals surface area contributed by atoms with Crippen LogP contribution in [0.4, 0.5) is 5.82 Å². The maximum absolute atomic E-state index is 6.02. The van der Waals surface area contributed by atoms with E-state index < -0.39 is 0 Å². The van der Waals surface area contributed by atoms with Gasteiger partial charge in [0, 0.05) is 4.47 Å². The van der Waals surface area contributed by atoms with Crippen molar-refractivity contribution < 1.29 is 0 Å². The van der Waals surface area contributed by atoms with Crippen molar-refractivity contribution in [1.82, 2.24) is 9.78 Å². The van der Waals surface area contributed by atoms with Crippen LogP contribution in [0.5, 0.6) is 0 Å². The number of hydrogen-bond donors (Lipinski definition) is 1. The van der Waals surface area contributed by atoms with Gasteiger partial charge in [-0.25, -0.2) is 4.68 Å². The molecule has 2 aromatic rings. The predicted octanol–water partition coefficient (Wildman–Crippen LogP) is 3.44. The van der Waals surface area contributed by atoms with Crippen molar-refractivity contribution in [2.24, 2.45) is 0 Å². The molecule has 0 aliphatic heterocycles. The van der Waals surface area contributed by atoms with Crippen molar-refractivity contribution >= 4 is 44.3 Å². The molecule has 5 heteroatoms. The summed E-state index contributed by atoms with van der Waals surface area (Å²) in [7, 11) is 0. The number of nitrogen functional groups attached to an aromatic ring is 1. The predicted molar refractivity (Wildman–Crippen MR) is 77.9 cm³/mol. The highest BCUT2D eigenvalue weighted by molar-refractivity contribution is 14.1. The van der Waals surface area contributed by atoms with Crippen molar-refractivity contribution in [2.45, 2.75) is 13.8 Å². The second-order valence-corrected chi connectivity index (χ2v) is 5.62. The third kappa shape index (κ3) is 1.98. The third-order valence-corrected chi connectivity index (χ3v) is 4.23. The molecule has 3 nitrogen and oxygen atoms in total. The summed E-state index contributed by atoms with van der Waals surface area (Å²) in [6, 6.07) is 6.06. The van der Waals surface area contributed by atoms with E-state index in [2.05, 4.69) is 49.7 Å². The largest absolute Gasteiger partial charge is 0.383 e. The van der Waals surface area contributed by atoms with Gasteiger partial charge in [-0.3, -0.25) is 0 Å². The first kappa shape index (κ1) is 11.9. The lowest BCUT2D eigenvalue weighted by Crippen LogP contribution is -2.04. The molecule has 0 bridgehead atoms. The monoisotopic (exact) mass is 391 g/mol. The van der Waals surface area contributed by atoms with Crippen LogP contribution < -0.4 is 5.73 Å². The lowest BCUT2D eigenvalue weighted by atomic mass is 10.2. The van der Waals surface area contributed by atoms with Gasteiger partial charge in [0.05, 0.1) is 15.0 Å². The SMILES string of the molecule is Cc1cc(Br)ccc1-n1nc(C)c(I)c1N. The molecule has 0 amide bonds. The zero-order valence-corrected chi connectivity index (χ0v) is 12.7. The maximum Gasteiger partial charge on any atom is 0.141 e.